The van der Waals surface area contributed by atoms with Crippen molar-refractivity contribution in [3.05, 3.63) is 35.4 Å². The topological polar surface area (TPSA) is 57.5 Å². The van der Waals surface area contributed by atoms with E-state index in [9.17, 15) is 14.3 Å². The van der Waals surface area contributed by atoms with E-state index in [1.54, 1.807) is 12.1 Å². The minimum Gasteiger partial charge on any atom is -0.507 e. The molecule has 3 nitrogen and oxygen atoms in total. The molecule has 0 heterocycles. The van der Waals surface area contributed by atoms with Gasteiger partial charge in [0, 0.05) is 11.1 Å². The van der Waals surface area contributed by atoms with Crippen molar-refractivity contribution in [2.24, 2.45) is 0 Å². The molecule has 1 aromatic carbocycles. The van der Waals surface area contributed by atoms with E-state index < -0.39 is 12.1 Å². The number of phenols is 1. The lowest BCUT2D eigenvalue weighted by Gasteiger charge is -2.08. The van der Waals surface area contributed by atoms with Crippen LogP contribution < -0.4 is 0 Å². The Kier molecular flexibility index (Phi) is 2.19. The molecule has 0 saturated carbocycles. The van der Waals surface area contributed by atoms with E-state index in [0.29, 0.717) is 12.0 Å². The molecule has 0 bridgehead atoms. The van der Waals surface area contributed by atoms with Crippen LogP contribution in [0.5, 0.6) is 5.75 Å². The van der Waals surface area contributed by atoms with Gasteiger partial charge in [-0.1, -0.05) is 18.2 Å². The number of carbonyl (C=O) groups is 1. The quantitative estimate of drug-likeness (QED) is 0.778. The Morgan fingerprint density at radius 1 is 1.47 bits per heavy atom. The maximum absolute atomic E-state index is 13.3. The third kappa shape index (κ3) is 1.48. The summed E-state index contributed by atoms with van der Waals surface area (Å²) in [6.45, 7) is 0. The first-order valence-corrected chi connectivity index (χ1v) is 4.49. The Balaban J connectivity index is 2.47. The highest BCUT2D eigenvalue weighted by atomic mass is 19.1. The van der Waals surface area contributed by atoms with Crippen LogP contribution in [-0.2, 0) is 11.2 Å². The Morgan fingerprint density at radius 3 is 2.87 bits per heavy atom. The van der Waals surface area contributed by atoms with Crippen LogP contribution in [0.15, 0.2) is 24.3 Å². The fraction of sp³-hybridized carbons (Fsp3) is 0.182. The second-order valence-electron chi connectivity index (χ2n) is 3.38. The second-order valence-corrected chi connectivity index (χ2v) is 3.38. The molecule has 0 fully saturated rings. The number of hydrogen-bond donors (Lipinski definition) is 2. The summed E-state index contributed by atoms with van der Waals surface area (Å²) in [5, 5.41) is 18.1. The van der Waals surface area contributed by atoms with E-state index in [1.807, 2.05) is 0 Å². The highest BCUT2D eigenvalue weighted by Crippen LogP contribution is 2.37. The Morgan fingerprint density at radius 2 is 2.20 bits per heavy atom. The zero-order valence-corrected chi connectivity index (χ0v) is 7.77. The number of rotatable bonds is 2. The number of allylic oxidation sites excluding steroid dienone is 1. The van der Waals surface area contributed by atoms with Gasteiger partial charge in [0.1, 0.15) is 5.75 Å². The Labute approximate surface area is 85.5 Å². The summed E-state index contributed by atoms with van der Waals surface area (Å²) < 4.78 is 13.3. The normalized spacial score (nSPS) is 15.7. The molecule has 2 rings (SSSR count). The molecule has 0 aromatic heterocycles. The predicted molar refractivity (Wildman–Crippen MR) is 52.3 cm³/mol. The highest BCUT2D eigenvalue weighted by Gasteiger charge is 2.29. The number of aliphatic carboxylic acids is 1. The summed E-state index contributed by atoms with van der Waals surface area (Å²) in [7, 11) is 0. The summed E-state index contributed by atoms with van der Waals surface area (Å²) in [6.07, 6.45) is -0.102. The largest absolute Gasteiger partial charge is 0.507 e. The molecule has 15 heavy (non-hydrogen) atoms. The predicted octanol–water partition coefficient (Wildman–Crippen LogP) is 1.75. The van der Waals surface area contributed by atoms with Crippen LogP contribution >= 0.6 is 0 Å². The number of alkyl halides is 1. The average molecular weight is 208 g/mol. The molecule has 0 saturated heterocycles. The number of halogens is 1. The number of hydrogen-bond acceptors (Lipinski definition) is 2. The van der Waals surface area contributed by atoms with Gasteiger partial charge in [-0.05, 0) is 18.1 Å². The first kappa shape index (κ1) is 9.71. The molecule has 1 aliphatic carbocycles. The maximum Gasteiger partial charge on any atom is 0.343 e. The first-order valence-electron chi connectivity index (χ1n) is 4.49. The third-order valence-corrected chi connectivity index (χ3v) is 2.45. The Bertz CT molecular complexity index is 451. The van der Waals surface area contributed by atoms with Gasteiger partial charge < -0.3 is 10.2 Å². The van der Waals surface area contributed by atoms with Gasteiger partial charge in [-0.25, -0.2) is 9.18 Å². The molecular weight excluding hydrogens is 199 g/mol. The monoisotopic (exact) mass is 208 g/mol. The van der Waals surface area contributed by atoms with Gasteiger partial charge in [-0.15, -0.1) is 0 Å². The highest BCUT2D eigenvalue weighted by molar-refractivity contribution is 5.93. The van der Waals surface area contributed by atoms with E-state index >= 15 is 0 Å². The van der Waals surface area contributed by atoms with Gasteiger partial charge in [-0.3, -0.25) is 0 Å². The Hall–Kier alpha value is -1.84. The van der Waals surface area contributed by atoms with E-state index in [-0.39, 0.29) is 11.3 Å². The van der Waals surface area contributed by atoms with Crippen LogP contribution in [0, 0.1) is 0 Å². The average Bonchev–Trinajstić information content (AvgIpc) is 2.61. The fourth-order valence-corrected chi connectivity index (χ4v) is 1.78. The minimum atomic E-state index is -2.07. The fourth-order valence-electron chi connectivity index (χ4n) is 1.78. The van der Waals surface area contributed by atoms with Gasteiger partial charge in [0.2, 0.25) is 6.17 Å². The van der Waals surface area contributed by atoms with Gasteiger partial charge >= 0.3 is 5.97 Å². The van der Waals surface area contributed by atoms with Crippen LogP contribution in [0.3, 0.4) is 0 Å². The van der Waals surface area contributed by atoms with Crippen LogP contribution in [0.1, 0.15) is 11.1 Å². The van der Waals surface area contributed by atoms with Crippen molar-refractivity contribution in [2.45, 2.75) is 12.6 Å². The third-order valence-electron chi connectivity index (χ3n) is 2.45. The molecule has 0 spiro atoms. The molecule has 1 atom stereocenters. The molecule has 0 radical (unpaired) electrons. The van der Waals surface area contributed by atoms with Crippen molar-refractivity contribution in [3.8, 4) is 5.75 Å². The van der Waals surface area contributed by atoms with Gasteiger partial charge in [0.05, 0.1) is 0 Å². The van der Waals surface area contributed by atoms with Crippen molar-refractivity contribution in [3.63, 3.8) is 0 Å². The standard InChI is InChI=1S/C11H9FO3/c12-10(11(14)15)7-5-4-6-2-1-3-8(13)9(6)7/h1-3,5,10,13H,4H2,(H,14,15). The lowest BCUT2D eigenvalue weighted by Crippen LogP contribution is -2.15. The SMILES string of the molecule is O=C(O)C(F)C1=CCc2cccc(O)c21. The number of fused-ring (bicyclic) bond motifs is 1. The number of carboxylic acid groups (broad SMARTS) is 1. The van der Waals surface area contributed by atoms with Gasteiger partial charge in [0.15, 0.2) is 0 Å². The van der Waals surface area contributed by atoms with Crippen molar-refractivity contribution in [1.29, 1.82) is 0 Å². The second kappa shape index (κ2) is 3.38. The number of benzene rings is 1. The summed E-state index contributed by atoms with van der Waals surface area (Å²) >= 11 is 0. The van der Waals surface area contributed by atoms with E-state index in [0.717, 1.165) is 5.56 Å². The van der Waals surface area contributed by atoms with Crippen molar-refractivity contribution in [2.75, 3.05) is 0 Å². The zero-order chi connectivity index (χ0) is 11.0. The molecule has 1 aromatic rings. The van der Waals surface area contributed by atoms with Crippen LogP contribution in [0.4, 0.5) is 4.39 Å². The van der Waals surface area contributed by atoms with E-state index in [4.69, 9.17) is 5.11 Å². The molecule has 78 valence electrons. The molecule has 1 unspecified atom stereocenters. The number of aromatic hydroxyl groups is 1. The molecule has 0 aliphatic heterocycles. The number of phenolic OH excluding ortho intramolecular Hbond substituents is 1. The lowest BCUT2D eigenvalue weighted by molar-refractivity contribution is -0.140. The molecule has 2 N–H and O–H groups in total. The maximum atomic E-state index is 13.3. The molecular formula is C11H9FO3. The first-order chi connectivity index (χ1) is 7.11. The molecule has 1 aliphatic rings. The van der Waals surface area contributed by atoms with E-state index in [2.05, 4.69) is 0 Å². The van der Waals surface area contributed by atoms with E-state index in [1.165, 1.54) is 12.1 Å². The van der Waals surface area contributed by atoms with Crippen molar-refractivity contribution < 1.29 is 19.4 Å². The number of carboxylic acids is 1. The summed E-state index contributed by atoms with van der Waals surface area (Å²) in [5.41, 5.74) is 1.14. The lowest BCUT2D eigenvalue weighted by atomic mass is 10.0. The van der Waals surface area contributed by atoms with Crippen LogP contribution in [0.25, 0.3) is 5.57 Å². The van der Waals surface area contributed by atoms with Gasteiger partial charge in [0.25, 0.3) is 0 Å². The van der Waals surface area contributed by atoms with Gasteiger partial charge in [-0.2, -0.15) is 0 Å². The molecule has 4 heteroatoms. The smallest absolute Gasteiger partial charge is 0.343 e. The summed E-state index contributed by atoms with van der Waals surface area (Å²) in [5.74, 6) is -1.60. The van der Waals surface area contributed by atoms with Crippen LogP contribution in [-0.4, -0.2) is 22.4 Å². The zero-order valence-electron chi connectivity index (χ0n) is 7.77. The minimum absolute atomic E-state index is 0.0515. The van der Waals surface area contributed by atoms with Crippen molar-refractivity contribution >= 4 is 11.5 Å². The molecule has 0 amide bonds. The summed E-state index contributed by atoms with van der Waals surface area (Å²) in [6, 6.07) is 4.82. The summed E-state index contributed by atoms with van der Waals surface area (Å²) in [4.78, 5) is 10.5. The van der Waals surface area contributed by atoms with Crippen molar-refractivity contribution in [1.82, 2.24) is 0 Å². The van der Waals surface area contributed by atoms with Crippen LogP contribution in [0.2, 0.25) is 0 Å².